The average molecular weight is 1600 g/mol. The number of rotatable bonds is 37. The third-order valence-corrected chi connectivity index (χ3v) is 21.9. The van der Waals surface area contributed by atoms with Gasteiger partial charge in [-0.05, 0) is 164 Å². The number of amides is 6. The van der Waals surface area contributed by atoms with Gasteiger partial charge in [0.25, 0.3) is 10.0 Å². The first kappa shape index (κ1) is 87.1. The Bertz CT molecular complexity index is 4740. The van der Waals surface area contributed by atoms with Gasteiger partial charge in [-0.15, -0.1) is 0 Å². The zero-order valence-electron chi connectivity index (χ0n) is 66.7. The maximum absolute atomic E-state index is 15.9. The van der Waals surface area contributed by atoms with E-state index in [1.807, 2.05) is 128 Å². The number of carbonyl (C=O) groups excluding carboxylic acids is 7. The monoisotopic (exact) mass is 1600 g/mol. The lowest BCUT2D eigenvalue weighted by Crippen LogP contribution is -2.60. The van der Waals surface area contributed by atoms with E-state index in [2.05, 4.69) is 46.9 Å². The number of thioether (sulfide) groups is 1. The minimum Gasteiger partial charge on any atom is -0.487 e. The van der Waals surface area contributed by atoms with Crippen molar-refractivity contribution in [1.82, 2.24) is 56.5 Å². The number of aromatic amines is 1. The summed E-state index contributed by atoms with van der Waals surface area (Å²) in [6.07, 6.45) is 5.45. The summed E-state index contributed by atoms with van der Waals surface area (Å²) in [7, 11) is -4.38. The van der Waals surface area contributed by atoms with Gasteiger partial charge in [0.05, 0.1) is 29.1 Å². The number of carbonyl (C=O) groups is 8. The van der Waals surface area contributed by atoms with Crippen LogP contribution >= 0.6 is 11.8 Å². The normalized spacial score (nSPS) is 14.6. The minimum atomic E-state index is -4.38. The SMILES string of the molecule is CSCC[C@H](NC(=O)[C@@H](N)COC(C)(C)C)C(=O)N[C@@H](CCC(=O)OC(C)(C)C)C(=O)N[C@@H](Cc1cn(C(c2ccccc2)(c2ccccc2)c2ccccc2)cn1)C(=O)N[C@@H](Cc1ccccc1)C(=O)N[C@@H](CCCNC(=N)NS(=O)(=O)c1c(C)c(C)c2c(c1C)CC(C)(C)O2)C(=O)N[C@@H](Cc1c[nH]c2ccccc12)C(=O)O. The molecule has 1 aliphatic heterocycles. The Labute approximate surface area is 670 Å². The molecule has 0 bridgehead atoms. The van der Waals surface area contributed by atoms with Crippen LogP contribution in [0, 0.1) is 26.2 Å². The second-order valence-electron chi connectivity index (χ2n) is 31.3. The molecule has 0 fully saturated rings. The summed E-state index contributed by atoms with van der Waals surface area (Å²) in [4.78, 5) is 125. The molecule has 2 aromatic heterocycles. The summed E-state index contributed by atoms with van der Waals surface area (Å²) in [5, 5.41) is 39.7. The first-order chi connectivity index (χ1) is 54.0. The van der Waals surface area contributed by atoms with E-state index < -0.39 is 134 Å². The third kappa shape index (κ3) is 23.0. The minimum absolute atomic E-state index is 0.00289. The molecule has 1 aliphatic rings. The molecular weight excluding hydrogens is 1490 g/mol. The Kier molecular flexibility index (Phi) is 29.3. The fraction of sp³-hybridized carbons (Fsp3) is 0.412. The van der Waals surface area contributed by atoms with E-state index >= 15 is 14.4 Å². The van der Waals surface area contributed by atoms with Gasteiger partial charge in [-0.1, -0.05) is 140 Å². The number of nitrogens with one attached hydrogen (secondary N) is 10. The first-order valence-electron chi connectivity index (χ1n) is 38.1. The average Bonchev–Trinajstić information content (AvgIpc) is 1.63. The lowest BCUT2D eigenvalue weighted by Gasteiger charge is -2.37. The number of benzene rings is 6. The highest BCUT2D eigenvalue weighted by Gasteiger charge is 2.42. The number of aromatic nitrogens is 3. The number of ether oxygens (including phenoxy) is 3. The Morgan fingerprint density at radius 1 is 0.640 bits per heavy atom. The molecule has 29 heteroatoms. The van der Waals surface area contributed by atoms with Crippen LogP contribution in [0.25, 0.3) is 10.9 Å². The van der Waals surface area contributed by atoms with Crippen molar-refractivity contribution in [3.05, 3.63) is 220 Å². The summed E-state index contributed by atoms with van der Waals surface area (Å²) in [6.45, 7) is 19.0. The van der Waals surface area contributed by atoms with Gasteiger partial charge in [0.1, 0.15) is 64.8 Å². The standard InChI is InChI=1S/C85H107N13O14S2/c1-52-53(2)73(54(3)62-47-84(10,11)112-72(52)62)114(108,109)97-81(87)88-42-27-38-65(75(101)96-70(80(106)107)45-56-48-89-64-37-26-25-36-61(56)64)92-78(104)68(44-55-28-17-13-18-29-55)94-79(105)69(46-60-49-98(51-90-60)85(57-30-19-14-20-31-57,58-32-21-15-22-33-58)59-34-23-16-24-35-59)95-76(102)66(39-40-71(99)111-83(7,8)9)93-77(103)67(41-43-113-12)91-74(100)63(86)50-110-82(4,5)6/h13-26,28-37,48-49,51,63,65-70,89H,27,38-47,50,86H2,1-12H3,(H,91,100)(H,92,104)(H,93,103)(H,94,105)(H,95,102)(H,96,101)(H,106,107)(H3,87,88,97)/t63-,65-,66-,67-,68-,69-,70-/m0/s1. The predicted octanol–water partition coefficient (Wildman–Crippen LogP) is 8.17. The smallest absolute Gasteiger partial charge is 0.326 e. The molecule has 114 heavy (non-hydrogen) atoms. The highest BCUT2D eigenvalue weighted by molar-refractivity contribution is 7.98. The lowest BCUT2D eigenvalue weighted by atomic mass is 9.77. The Morgan fingerprint density at radius 3 is 1.69 bits per heavy atom. The van der Waals surface area contributed by atoms with Crippen molar-refractivity contribution < 1.29 is 66.1 Å². The van der Waals surface area contributed by atoms with Crippen LogP contribution in [0.1, 0.15) is 143 Å². The van der Waals surface area contributed by atoms with Gasteiger partial charge in [0, 0.05) is 67.5 Å². The van der Waals surface area contributed by atoms with Gasteiger partial charge in [-0.25, -0.2) is 22.9 Å². The molecule has 0 unspecified atom stereocenters. The number of carboxylic acids is 1. The number of nitrogens with zero attached hydrogens (tertiary/aromatic N) is 2. The number of fused-ring (bicyclic) bond motifs is 2. The van der Waals surface area contributed by atoms with Crippen LogP contribution in [0.15, 0.2) is 169 Å². The molecule has 3 heterocycles. The van der Waals surface area contributed by atoms with E-state index in [-0.39, 0.29) is 68.7 Å². The van der Waals surface area contributed by atoms with Crippen molar-refractivity contribution in [3.63, 3.8) is 0 Å². The number of carboxylic acid groups (broad SMARTS) is 1. The van der Waals surface area contributed by atoms with E-state index in [0.717, 1.165) is 27.8 Å². The van der Waals surface area contributed by atoms with Crippen molar-refractivity contribution in [3.8, 4) is 5.75 Å². The summed E-state index contributed by atoms with van der Waals surface area (Å²) in [5.41, 5.74) is 9.92. The molecule has 6 amide bonds. The molecule has 7 atom stereocenters. The number of hydrogen-bond donors (Lipinski definition) is 12. The zero-order valence-corrected chi connectivity index (χ0v) is 68.3. The second kappa shape index (κ2) is 38.3. The molecule has 27 nitrogen and oxygen atoms in total. The molecule has 0 aliphatic carbocycles. The van der Waals surface area contributed by atoms with Crippen molar-refractivity contribution in [2.45, 2.75) is 203 Å². The molecule has 0 saturated heterocycles. The van der Waals surface area contributed by atoms with Crippen molar-refractivity contribution >= 4 is 86.0 Å². The molecule has 608 valence electrons. The molecular formula is C85H107N13O14S2. The molecule has 13 N–H and O–H groups in total. The maximum atomic E-state index is 15.9. The number of nitrogens with two attached hydrogens (primary N) is 1. The van der Waals surface area contributed by atoms with E-state index in [1.165, 1.54) is 11.8 Å². The van der Waals surface area contributed by atoms with Crippen LogP contribution in [0.3, 0.4) is 0 Å². The Morgan fingerprint density at radius 2 is 1.14 bits per heavy atom. The number of para-hydroxylation sites is 1. The van der Waals surface area contributed by atoms with Crippen molar-refractivity contribution in [2.24, 2.45) is 5.73 Å². The van der Waals surface area contributed by atoms with Gasteiger partial charge >= 0.3 is 11.9 Å². The van der Waals surface area contributed by atoms with Crippen LogP contribution in [0.4, 0.5) is 0 Å². The van der Waals surface area contributed by atoms with E-state index in [4.69, 9.17) is 30.3 Å². The summed E-state index contributed by atoms with van der Waals surface area (Å²) < 4.78 is 50.4. The van der Waals surface area contributed by atoms with Crippen LogP contribution in [-0.2, 0) is 89.1 Å². The quantitative estimate of drug-likeness (QED) is 0.00574. The van der Waals surface area contributed by atoms with E-state index in [0.29, 0.717) is 51.1 Å². The second-order valence-corrected chi connectivity index (χ2v) is 33.9. The molecule has 6 aromatic carbocycles. The molecule has 9 rings (SSSR count). The van der Waals surface area contributed by atoms with Gasteiger partial charge in [-0.2, -0.15) is 11.8 Å². The number of hydrogen-bond acceptors (Lipinski definition) is 17. The first-order valence-corrected chi connectivity index (χ1v) is 41.0. The summed E-state index contributed by atoms with van der Waals surface area (Å²) in [6, 6.07) is 34.5. The summed E-state index contributed by atoms with van der Waals surface area (Å²) >= 11 is 1.40. The maximum Gasteiger partial charge on any atom is 0.326 e. The van der Waals surface area contributed by atoms with Gasteiger partial charge in [0.15, 0.2) is 0 Å². The molecule has 8 aromatic rings. The Hall–Kier alpha value is -10.9. The largest absolute Gasteiger partial charge is 0.487 e. The van der Waals surface area contributed by atoms with Crippen LogP contribution in [-0.4, -0.2) is 166 Å². The van der Waals surface area contributed by atoms with Crippen molar-refractivity contribution in [2.75, 3.05) is 25.2 Å². The number of guanidine groups is 1. The molecule has 0 radical (unpaired) electrons. The fourth-order valence-electron chi connectivity index (χ4n) is 14.0. The lowest BCUT2D eigenvalue weighted by molar-refractivity contribution is -0.155. The van der Waals surface area contributed by atoms with Crippen LogP contribution < -0.4 is 52.4 Å². The van der Waals surface area contributed by atoms with Gasteiger partial charge in [0.2, 0.25) is 41.4 Å². The molecule has 0 saturated carbocycles. The van der Waals surface area contributed by atoms with Gasteiger partial charge < -0.3 is 71.8 Å². The van der Waals surface area contributed by atoms with E-state index in [9.17, 15) is 37.5 Å². The highest BCUT2D eigenvalue weighted by Crippen LogP contribution is 2.44. The Balaban J connectivity index is 1.07. The zero-order chi connectivity index (χ0) is 82.9. The number of imidazole rings is 1. The number of esters is 1. The van der Waals surface area contributed by atoms with Crippen LogP contribution in [0.2, 0.25) is 0 Å². The van der Waals surface area contributed by atoms with E-state index in [1.54, 1.807) is 123 Å². The van der Waals surface area contributed by atoms with Gasteiger partial charge in [-0.3, -0.25) is 39.0 Å². The highest BCUT2D eigenvalue weighted by atomic mass is 32.2. The number of aliphatic carboxylic acids is 1. The van der Waals surface area contributed by atoms with Crippen LogP contribution in [0.5, 0.6) is 5.75 Å². The summed E-state index contributed by atoms with van der Waals surface area (Å²) in [5.74, 6) is -7.05. The number of H-pyrrole nitrogens is 1. The predicted molar refractivity (Wildman–Crippen MR) is 438 cm³/mol. The third-order valence-electron chi connectivity index (χ3n) is 19.6. The fourth-order valence-corrected chi connectivity index (χ4v) is 16.0. The van der Waals surface area contributed by atoms with Crippen molar-refractivity contribution in [1.29, 1.82) is 5.41 Å². The molecule has 0 spiro atoms. The topological polar surface area (TPSA) is 398 Å². The number of sulfonamides is 1.